The maximum Gasteiger partial charge on any atom is 0.416 e. The van der Waals surface area contributed by atoms with E-state index in [-0.39, 0.29) is 11.7 Å². The second-order valence-corrected chi connectivity index (χ2v) is 6.39. The smallest absolute Gasteiger partial charge is 0.416 e. The molecule has 0 saturated carbocycles. The van der Waals surface area contributed by atoms with Crippen molar-refractivity contribution in [2.24, 2.45) is 5.10 Å². The first-order valence-corrected chi connectivity index (χ1v) is 8.54. The lowest BCUT2D eigenvalue weighted by Crippen LogP contribution is -2.18. The molecule has 0 atom stereocenters. The number of halogens is 4. The van der Waals surface area contributed by atoms with Crippen molar-refractivity contribution >= 4 is 23.7 Å². The molecule has 0 aliphatic carbocycles. The number of amides is 1. The molecule has 0 aromatic heterocycles. The summed E-state index contributed by atoms with van der Waals surface area (Å²) in [6, 6.07) is 7.21. The van der Waals surface area contributed by atoms with Crippen molar-refractivity contribution in [2.45, 2.75) is 26.1 Å². The minimum atomic E-state index is -4.54. The second-order valence-electron chi connectivity index (χ2n) is 5.98. The minimum Gasteiger partial charge on any atom is -0.493 e. The highest BCUT2D eigenvalue weighted by Gasteiger charge is 2.30. The number of rotatable bonds is 6. The van der Waals surface area contributed by atoms with Gasteiger partial charge in [-0.3, -0.25) is 4.79 Å². The Balaban J connectivity index is 2.14. The molecule has 2 rings (SSSR count). The van der Waals surface area contributed by atoms with Crippen molar-refractivity contribution in [3.05, 3.63) is 58.1 Å². The average Bonchev–Trinajstić information content (AvgIpc) is 2.62. The molecule has 0 bridgehead atoms. The first kappa shape index (κ1) is 21.6. The summed E-state index contributed by atoms with van der Waals surface area (Å²) in [7, 11) is 1.45. The van der Waals surface area contributed by atoms with Crippen LogP contribution in [0.1, 0.15) is 35.3 Å². The van der Waals surface area contributed by atoms with E-state index in [0.717, 1.165) is 18.2 Å². The zero-order valence-corrected chi connectivity index (χ0v) is 16.1. The lowest BCUT2D eigenvalue weighted by atomic mass is 10.1. The van der Waals surface area contributed by atoms with Gasteiger partial charge in [-0.25, -0.2) is 5.43 Å². The van der Waals surface area contributed by atoms with Gasteiger partial charge in [-0.15, -0.1) is 0 Å². The van der Waals surface area contributed by atoms with Crippen LogP contribution in [0.5, 0.6) is 11.5 Å². The van der Waals surface area contributed by atoms with E-state index in [1.165, 1.54) is 19.4 Å². The van der Waals surface area contributed by atoms with E-state index < -0.39 is 17.6 Å². The topological polar surface area (TPSA) is 59.9 Å². The number of methoxy groups -OCH3 is 1. The quantitative estimate of drug-likeness (QED) is 0.539. The molecule has 0 heterocycles. The number of hydrogen-bond acceptors (Lipinski definition) is 4. The van der Waals surface area contributed by atoms with Gasteiger partial charge in [0.1, 0.15) is 0 Å². The van der Waals surface area contributed by atoms with Gasteiger partial charge in [-0.2, -0.15) is 18.3 Å². The maximum absolute atomic E-state index is 12.7. The molecule has 0 aliphatic rings. The third-order valence-electron chi connectivity index (χ3n) is 3.44. The largest absolute Gasteiger partial charge is 0.493 e. The van der Waals surface area contributed by atoms with E-state index in [1.54, 1.807) is 12.1 Å². The van der Waals surface area contributed by atoms with Gasteiger partial charge in [0.2, 0.25) is 0 Å². The molecule has 1 amide bonds. The van der Waals surface area contributed by atoms with E-state index in [2.05, 4.69) is 10.5 Å². The molecule has 0 aliphatic heterocycles. The number of carbonyl (C=O) groups is 1. The summed E-state index contributed by atoms with van der Waals surface area (Å²) in [6.07, 6.45) is -3.36. The molecule has 0 radical (unpaired) electrons. The molecule has 2 aromatic rings. The lowest BCUT2D eigenvalue weighted by Gasteiger charge is -2.15. The number of carbonyl (C=O) groups excluding carboxylic acids is 1. The number of benzene rings is 2. The van der Waals surface area contributed by atoms with Crippen LogP contribution >= 0.6 is 11.6 Å². The Morgan fingerprint density at radius 2 is 1.96 bits per heavy atom. The van der Waals surface area contributed by atoms with E-state index in [0.29, 0.717) is 22.1 Å². The maximum atomic E-state index is 12.7. The van der Waals surface area contributed by atoms with Crippen LogP contribution in [0.2, 0.25) is 5.02 Å². The Kier molecular flexibility index (Phi) is 6.90. The van der Waals surface area contributed by atoms with Crippen LogP contribution in [0, 0.1) is 0 Å². The first-order valence-electron chi connectivity index (χ1n) is 8.16. The van der Waals surface area contributed by atoms with Crippen molar-refractivity contribution in [1.29, 1.82) is 0 Å². The summed E-state index contributed by atoms with van der Waals surface area (Å²) in [4.78, 5) is 12.0. The Labute approximate surface area is 165 Å². The van der Waals surface area contributed by atoms with Crippen LogP contribution in [0.4, 0.5) is 13.2 Å². The average molecular weight is 415 g/mol. The van der Waals surface area contributed by atoms with Gasteiger partial charge < -0.3 is 9.47 Å². The number of nitrogens with one attached hydrogen (secondary N) is 1. The third-order valence-corrected chi connectivity index (χ3v) is 3.72. The monoisotopic (exact) mass is 414 g/mol. The van der Waals surface area contributed by atoms with Crippen LogP contribution < -0.4 is 14.9 Å². The van der Waals surface area contributed by atoms with Gasteiger partial charge in [0.15, 0.2) is 11.5 Å². The summed E-state index contributed by atoms with van der Waals surface area (Å²) >= 11 is 6.19. The van der Waals surface area contributed by atoms with Gasteiger partial charge in [0, 0.05) is 5.56 Å². The molecule has 0 saturated heterocycles. The minimum absolute atomic E-state index is 0.113. The van der Waals surface area contributed by atoms with Crippen molar-refractivity contribution in [1.82, 2.24) is 5.43 Å². The zero-order chi connectivity index (χ0) is 20.9. The fraction of sp³-hybridized carbons (Fsp3) is 0.263. The van der Waals surface area contributed by atoms with Crippen LogP contribution in [0.3, 0.4) is 0 Å². The highest BCUT2D eigenvalue weighted by Crippen LogP contribution is 2.36. The van der Waals surface area contributed by atoms with Crippen molar-refractivity contribution in [3.8, 4) is 11.5 Å². The Morgan fingerprint density at radius 3 is 2.57 bits per heavy atom. The highest BCUT2D eigenvalue weighted by atomic mass is 35.5. The normalized spacial score (nSPS) is 11.7. The summed E-state index contributed by atoms with van der Waals surface area (Å²) < 4.78 is 49.0. The van der Waals surface area contributed by atoms with Gasteiger partial charge in [-0.05, 0) is 49.7 Å². The Bertz CT molecular complexity index is 883. The van der Waals surface area contributed by atoms with Crippen LogP contribution in [-0.2, 0) is 6.18 Å². The molecule has 5 nitrogen and oxygen atoms in total. The molecule has 2 aromatic carbocycles. The van der Waals surface area contributed by atoms with Gasteiger partial charge in [-0.1, -0.05) is 17.7 Å². The fourth-order valence-electron chi connectivity index (χ4n) is 2.23. The standard InChI is InChI=1S/C19H18ClF3N2O3/c1-11(2)28-17-15(20)7-12(8-16(17)27-3)10-24-25-18(26)13-5-4-6-14(9-13)19(21,22)23/h4-11H,1-3H3,(H,25,26)/b24-10-. The lowest BCUT2D eigenvalue weighted by molar-refractivity contribution is -0.137. The van der Waals surface area contributed by atoms with Crippen LogP contribution in [-0.4, -0.2) is 25.3 Å². The highest BCUT2D eigenvalue weighted by molar-refractivity contribution is 6.32. The van der Waals surface area contributed by atoms with Gasteiger partial charge in [0.25, 0.3) is 5.91 Å². The van der Waals surface area contributed by atoms with Crippen molar-refractivity contribution < 1.29 is 27.4 Å². The molecule has 9 heteroatoms. The molecule has 28 heavy (non-hydrogen) atoms. The molecule has 0 fully saturated rings. The summed E-state index contributed by atoms with van der Waals surface area (Å²) in [5.41, 5.74) is 1.60. The summed E-state index contributed by atoms with van der Waals surface area (Å²) in [6.45, 7) is 3.68. The summed E-state index contributed by atoms with van der Waals surface area (Å²) in [5.74, 6) is -0.0173. The predicted molar refractivity (Wildman–Crippen MR) is 100 cm³/mol. The number of alkyl halides is 3. The summed E-state index contributed by atoms with van der Waals surface area (Å²) in [5, 5.41) is 4.05. The third kappa shape index (κ3) is 5.63. The Morgan fingerprint density at radius 1 is 1.25 bits per heavy atom. The van der Waals surface area contributed by atoms with Crippen LogP contribution in [0.25, 0.3) is 0 Å². The van der Waals surface area contributed by atoms with E-state index in [9.17, 15) is 18.0 Å². The fourth-order valence-corrected chi connectivity index (χ4v) is 2.49. The molecular formula is C19H18ClF3N2O3. The predicted octanol–water partition coefficient (Wildman–Crippen LogP) is 4.92. The number of hydrazone groups is 1. The van der Waals surface area contributed by atoms with Crippen molar-refractivity contribution in [2.75, 3.05) is 7.11 Å². The van der Waals surface area contributed by atoms with E-state index >= 15 is 0 Å². The molecule has 150 valence electrons. The van der Waals surface area contributed by atoms with Crippen molar-refractivity contribution in [3.63, 3.8) is 0 Å². The molecule has 0 spiro atoms. The van der Waals surface area contributed by atoms with Gasteiger partial charge >= 0.3 is 6.18 Å². The Hall–Kier alpha value is -2.74. The molecular weight excluding hydrogens is 397 g/mol. The number of hydrogen-bond donors (Lipinski definition) is 1. The SMILES string of the molecule is COc1cc(/C=N\NC(=O)c2cccc(C(F)(F)F)c2)cc(Cl)c1OC(C)C. The van der Waals surface area contributed by atoms with E-state index in [1.807, 2.05) is 13.8 Å². The van der Waals surface area contributed by atoms with Crippen LogP contribution in [0.15, 0.2) is 41.5 Å². The van der Waals surface area contributed by atoms with Gasteiger partial charge in [0.05, 0.1) is 30.0 Å². The second kappa shape index (κ2) is 8.97. The number of ether oxygens (including phenoxy) is 2. The van der Waals surface area contributed by atoms with E-state index in [4.69, 9.17) is 21.1 Å². The first-order chi connectivity index (χ1) is 13.1. The zero-order valence-electron chi connectivity index (χ0n) is 15.3. The molecule has 0 unspecified atom stereocenters. The molecule has 1 N–H and O–H groups in total. The number of nitrogens with zero attached hydrogens (tertiary/aromatic N) is 1.